The number of alkyl halides is 3. The molecule has 2 aromatic rings. The van der Waals surface area contributed by atoms with Gasteiger partial charge >= 0.3 is 6.18 Å². The van der Waals surface area contributed by atoms with Crippen molar-refractivity contribution in [3.8, 4) is 0 Å². The van der Waals surface area contributed by atoms with E-state index in [1.807, 2.05) is 0 Å². The molecule has 0 unspecified atom stereocenters. The average Bonchev–Trinajstić information content (AvgIpc) is 3.37. The van der Waals surface area contributed by atoms with Gasteiger partial charge in [-0.3, -0.25) is 0 Å². The number of sulfonamides is 1. The predicted molar refractivity (Wildman–Crippen MR) is 126 cm³/mol. The minimum absolute atomic E-state index is 0.0186. The van der Waals surface area contributed by atoms with Crippen LogP contribution >= 0.6 is 50.9 Å². The quantitative estimate of drug-likeness (QED) is 0.368. The number of rotatable bonds is 7. The van der Waals surface area contributed by atoms with Gasteiger partial charge in [0.15, 0.2) is 0 Å². The summed E-state index contributed by atoms with van der Waals surface area (Å²) < 4.78 is 69.7. The summed E-state index contributed by atoms with van der Waals surface area (Å²) in [5, 5.41) is 3.66. The molecule has 1 saturated carbocycles. The van der Waals surface area contributed by atoms with Gasteiger partial charge in [-0.25, -0.2) is 13.1 Å². The third kappa shape index (κ3) is 5.65. The number of halogens is 6. The summed E-state index contributed by atoms with van der Waals surface area (Å²) in [6.07, 6.45) is -3.69. The number of oxime groups is 1. The average molecular weight is 604 g/mol. The van der Waals surface area contributed by atoms with E-state index in [0.717, 1.165) is 36.7 Å². The maximum atomic E-state index is 14.1. The first kappa shape index (κ1) is 25.1. The van der Waals surface area contributed by atoms with Crippen molar-refractivity contribution in [1.82, 2.24) is 4.72 Å². The molecule has 1 fully saturated rings. The summed E-state index contributed by atoms with van der Waals surface area (Å²) in [6.45, 7) is 0. The zero-order valence-electron chi connectivity index (χ0n) is 16.6. The maximum Gasteiger partial charge on any atom is 0.435 e. The standard InChI is InChI=1S/C20H16BrCl2F3N2O3S2/c21-16-5-11(1-4-18(16)32-10-33(29,30)28-15-2-3-15)17-9-19(31-27-17,20(24,25)26)12-6-13(22)8-14(23)7-12/h1,4-8,15,28H,2-3,9-10H2/t19-/m0/s1. The number of hydrogen-bond donors (Lipinski definition) is 1. The van der Waals surface area contributed by atoms with E-state index in [1.165, 1.54) is 6.07 Å². The van der Waals surface area contributed by atoms with Crippen molar-refractivity contribution in [3.05, 3.63) is 62.0 Å². The molecule has 0 amide bonds. The van der Waals surface area contributed by atoms with Crippen LogP contribution < -0.4 is 4.72 Å². The van der Waals surface area contributed by atoms with E-state index >= 15 is 0 Å². The summed E-state index contributed by atoms with van der Waals surface area (Å²) in [5.74, 6) is 0. The first-order chi connectivity index (χ1) is 15.4. The number of benzene rings is 2. The van der Waals surface area contributed by atoms with Crippen molar-refractivity contribution in [2.24, 2.45) is 5.16 Å². The topological polar surface area (TPSA) is 67.8 Å². The summed E-state index contributed by atoms with van der Waals surface area (Å²) in [6, 6.07) is 8.46. The highest BCUT2D eigenvalue weighted by Gasteiger charge is 2.62. The van der Waals surface area contributed by atoms with Gasteiger partial charge in [0.25, 0.3) is 5.60 Å². The molecule has 33 heavy (non-hydrogen) atoms. The summed E-state index contributed by atoms with van der Waals surface area (Å²) in [5.41, 5.74) is -2.47. The highest BCUT2D eigenvalue weighted by Crippen LogP contribution is 2.50. The molecule has 0 saturated heterocycles. The van der Waals surface area contributed by atoms with E-state index in [1.54, 1.807) is 18.2 Å². The highest BCUT2D eigenvalue weighted by molar-refractivity contribution is 9.10. The van der Waals surface area contributed by atoms with E-state index in [4.69, 9.17) is 28.0 Å². The van der Waals surface area contributed by atoms with Gasteiger partial charge in [-0.15, -0.1) is 11.8 Å². The van der Waals surface area contributed by atoms with Crippen LogP contribution in [0.2, 0.25) is 10.0 Å². The Morgan fingerprint density at radius 3 is 2.42 bits per heavy atom. The Morgan fingerprint density at radius 2 is 1.85 bits per heavy atom. The molecule has 5 nitrogen and oxygen atoms in total. The van der Waals surface area contributed by atoms with Crippen LogP contribution in [0.25, 0.3) is 0 Å². The van der Waals surface area contributed by atoms with Crippen molar-refractivity contribution < 1.29 is 26.4 Å². The molecule has 2 aliphatic rings. The predicted octanol–water partition coefficient (Wildman–Crippen LogP) is 6.47. The van der Waals surface area contributed by atoms with Crippen LogP contribution in [-0.4, -0.2) is 31.4 Å². The van der Waals surface area contributed by atoms with Gasteiger partial charge in [0.05, 0.1) is 5.71 Å². The molecule has 178 valence electrons. The van der Waals surface area contributed by atoms with E-state index < -0.39 is 28.2 Å². The molecule has 0 bridgehead atoms. The van der Waals surface area contributed by atoms with Crippen molar-refractivity contribution in [2.45, 2.75) is 42.0 Å². The summed E-state index contributed by atoms with van der Waals surface area (Å²) >= 11 is 16.3. The van der Waals surface area contributed by atoms with Crippen LogP contribution in [0.1, 0.15) is 30.4 Å². The fourth-order valence-corrected chi connectivity index (χ4v) is 7.03. The van der Waals surface area contributed by atoms with Crippen LogP contribution in [-0.2, 0) is 20.5 Å². The van der Waals surface area contributed by atoms with Gasteiger partial charge in [-0.05, 0) is 59.1 Å². The zero-order chi connectivity index (χ0) is 24.0. The second-order valence-corrected chi connectivity index (χ2v) is 12.6. The molecule has 4 rings (SSSR count). The second kappa shape index (κ2) is 9.23. The molecule has 2 aromatic carbocycles. The van der Waals surface area contributed by atoms with Gasteiger partial charge in [0.2, 0.25) is 10.0 Å². The number of nitrogens with zero attached hydrogens (tertiary/aromatic N) is 1. The Labute approximate surface area is 211 Å². The smallest absolute Gasteiger partial charge is 0.374 e. The second-order valence-electron chi connectivity index (χ2n) is 7.70. The molecule has 0 aromatic heterocycles. The van der Waals surface area contributed by atoms with Gasteiger partial charge in [-0.2, -0.15) is 13.2 Å². The highest BCUT2D eigenvalue weighted by atomic mass is 79.9. The monoisotopic (exact) mass is 602 g/mol. The SMILES string of the molecule is O=S(=O)(CSc1ccc(C2=NO[C@@](c3cc(Cl)cc(Cl)c3)(C(F)(F)F)C2)cc1Br)NC1CC1. The normalized spacial score (nSPS) is 21.1. The van der Waals surface area contributed by atoms with Gasteiger partial charge in [0.1, 0.15) is 5.08 Å². The van der Waals surface area contributed by atoms with Crippen LogP contribution in [0.4, 0.5) is 13.2 Å². The zero-order valence-corrected chi connectivity index (χ0v) is 21.4. The Morgan fingerprint density at radius 1 is 1.18 bits per heavy atom. The lowest BCUT2D eigenvalue weighted by Gasteiger charge is -2.29. The van der Waals surface area contributed by atoms with E-state index in [9.17, 15) is 21.6 Å². The fourth-order valence-electron chi connectivity index (χ4n) is 3.27. The lowest BCUT2D eigenvalue weighted by atomic mass is 9.86. The van der Waals surface area contributed by atoms with E-state index in [2.05, 4.69) is 25.8 Å². The minimum atomic E-state index is -4.79. The Balaban J connectivity index is 1.54. The fraction of sp³-hybridized carbons (Fsp3) is 0.350. The van der Waals surface area contributed by atoms with Crippen LogP contribution in [0.3, 0.4) is 0 Å². The van der Waals surface area contributed by atoms with Crippen LogP contribution in [0.5, 0.6) is 0 Å². The minimum Gasteiger partial charge on any atom is -0.374 e. The number of hydrogen-bond acceptors (Lipinski definition) is 5. The van der Waals surface area contributed by atoms with Crippen LogP contribution in [0.15, 0.2) is 50.9 Å². The molecule has 0 spiro atoms. The third-order valence-corrected chi connectivity index (χ3v) is 9.50. The van der Waals surface area contributed by atoms with E-state index in [0.29, 0.717) is 14.9 Å². The first-order valence-corrected chi connectivity index (χ1v) is 13.8. The van der Waals surface area contributed by atoms with Gasteiger partial charge in [-0.1, -0.05) is 34.4 Å². The molecule has 0 radical (unpaired) electrons. The van der Waals surface area contributed by atoms with Crippen molar-refractivity contribution >= 4 is 66.6 Å². The maximum absolute atomic E-state index is 14.1. The van der Waals surface area contributed by atoms with Crippen LogP contribution in [0, 0.1) is 0 Å². The molecular formula is C20H16BrCl2F3N2O3S2. The molecule has 1 atom stereocenters. The molecule has 1 aliphatic carbocycles. The van der Waals surface area contributed by atoms with E-state index in [-0.39, 0.29) is 32.4 Å². The van der Waals surface area contributed by atoms with Crippen molar-refractivity contribution in [1.29, 1.82) is 0 Å². The Bertz CT molecular complexity index is 1200. The number of nitrogens with one attached hydrogen (secondary N) is 1. The van der Waals surface area contributed by atoms with Gasteiger partial charge in [0, 0.05) is 43.0 Å². The number of thioether (sulfide) groups is 1. The molecule has 13 heteroatoms. The Hall–Kier alpha value is -0.980. The first-order valence-electron chi connectivity index (χ1n) is 9.60. The van der Waals surface area contributed by atoms with Crippen molar-refractivity contribution in [2.75, 3.05) is 5.08 Å². The Kier molecular flexibility index (Phi) is 7.03. The molecular weight excluding hydrogens is 588 g/mol. The largest absolute Gasteiger partial charge is 0.435 e. The van der Waals surface area contributed by atoms with Crippen molar-refractivity contribution in [3.63, 3.8) is 0 Å². The third-order valence-electron chi connectivity index (χ3n) is 5.07. The lowest BCUT2D eigenvalue weighted by molar-refractivity contribution is -0.275. The summed E-state index contributed by atoms with van der Waals surface area (Å²) in [4.78, 5) is 5.64. The molecule has 1 N–H and O–H groups in total. The summed E-state index contributed by atoms with van der Waals surface area (Å²) in [7, 11) is -3.43. The van der Waals surface area contributed by atoms with Gasteiger partial charge < -0.3 is 4.84 Å². The molecule has 1 aliphatic heterocycles. The lowest BCUT2D eigenvalue weighted by Crippen LogP contribution is -2.42. The molecule has 1 heterocycles.